The highest BCUT2D eigenvalue weighted by Gasteiger charge is 2.36. The Morgan fingerprint density at radius 1 is 1.28 bits per heavy atom. The van der Waals surface area contributed by atoms with Gasteiger partial charge in [0.05, 0.1) is 24.5 Å². The van der Waals surface area contributed by atoms with Crippen LogP contribution in [0.1, 0.15) is 24.5 Å². The number of carbonyl (C=O) groups excluding carboxylic acids is 1. The fraction of sp³-hybridized carbons (Fsp3) is 0.412. The molecule has 2 aliphatic rings. The predicted molar refractivity (Wildman–Crippen MR) is 90.9 cm³/mol. The fourth-order valence-electron chi connectivity index (χ4n) is 3.28. The van der Waals surface area contributed by atoms with Crippen molar-refractivity contribution < 1.29 is 9.53 Å². The van der Waals surface area contributed by atoms with Crippen LogP contribution in [0.2, 0.25) is 0 Å². The maximum atomic E-state index is 13.2. The molecule has 1 saturated heterocycles. The van der Waals surface area contributed by atoms with E-state index in [0.717, 1.165) is 11.4 Å². The summed E-state index contributed by atoms with van der Waals surface area (Å²) in [5.41, 5.74) is 2.20. The molecule has 2 aromatic rings. The summed E-state index contributed by atoms with van der Waals surface area (Å²) in [7, 11) is 0. The minimum atomic E-state index is -0.394. The van der Waals surface area contributed by atoms with Gasteiger partial charge in [0.25, 0.3) is 5.91 Å². The lowest BCUT2D eigenvalue weighted by molar-refractivity contribution is -0.131. The van der Waals surface area contributed by atoms with Crippen LogP contribution in [-0.2, 0) is 9.53 Å². The molecule has 0 aliphatic carbocycles. The lowest BCUT2D eigenvalue weighted by Crippen LogP contribution is -2.44. The third kappa shape index (κ3) is 2.78. The molecule has 1 N–H and O–H groups in total. The highest BCUT2D eigenvalue weighted by Crippen LogP contribution is 2.35. The molecular weight excluding hydrogens is 320 g/mol. The van der Waals surface area contributed by atoms with E-state index in [1.54, 1.807) is 10.9 Å². The van der Waals surface area contributed by atoms with Crippen LogP contribution in [0.4, 0.5) is 5.95 Å². The van der Waals surface area contributed by atoms with Crippen LogP contribution in [-0.4, -0.2) is 56.9 Å². The number of nitrogens with one attached hydrogen (secondary N) is 1. The zero-order chi connectivity index (χ0) is 17.4. The Morgan fingerprint density at radius 2 is 2.08 bits per heavy atom. The van der Waals surface area contributed by atoms with Gasteiger partial charge in [-0.05, 0) is 26.0 Å². The van der Waals surface area contributed by atoms with Crippen molar-refractivity contribution in [1.82, 2.24) is 24.6 Å². The Labute approximate surface area is 145 Å². The number of ether oxygens (including phenoxy) is 1. The van der Waals surface area contributed by atoms with Crippen molar-refractivity contribution in [3.8, 4) is 0 Å². The van der Waals surface area contributed by atoms with Gasteiger partial charge in [0.2, 0.25) is 5.95 Å². The molecule has 1 fully saturated rings. The molecule has 1 amide bonds. The summed E-state index contributed by atoms with van der Waals surface area (Å²) in [6.45, 7) is 6.04. The summed E-state index contributed by atoms with van der Waals surface area (Å²) in [5, 5.41) is 7.71. The number of allylic oxidation sites excluding steroid dienone is 1. The molecule has 8 heteroatoms. The summed E-state index contributed by atoms with van der Waals surface area (Å²) in [5.74, 6) is 1.27. The average molecular weight is 340 g/mol. The van der Waals surface area contributed by atoms with Crippen LogP contribution >= 0.6 is 0 Å². The predicted octanol–water partition coefficient (Wildman–Crippen LogP) is 1.13. The Hall–Kier alpha value is -2.74. The maximum Gasteiger partial charge on any atom is 0.254 e. The second-order valence-corrected chi connectivity index (χ2v) is 6.15. The molecule has 8 nitrogen and oxygen atoms in total. The van der Waals surface area contributed by atoms with Gasteiger partial charge in [0.15, 0.2) is 0 Å². The molecule has 25 heavy (non-hydrogen) atoms. The number of carbonyl (C=O) groups is 1. The van der Waals surface area contributed by atoms with Crippen LogP contribution < -0.4 is 5.32 Å². The number of morpholine rings is 1. The number of nitrogens with zero attached hydrogens (tertiary/aromatic N) is 5. The second-order valence-electron chi connectivity index (χ2n) is 6.15. The first kappa shape index (κ1) is 15.8. The first-order chi connectivity index (χ1) is 12.1. The number of anilines is 1. The standard InChI is InChI=1S/C17H20N6O2/c1-11-14(16(24)22-7-9-25-10-8-22)15(13-5-3-4-6-18-13)23-17(19-11)20-12(2)21-23/h3-6,15H,7-10H2,1-2H3,(H,19,20,21). The van der Waals surface area contributed by atoms with E-state index in [1.165, 1.54) is 0 Å². The van der Waals surface area contributed by atoms with Crippen molar-refractivity contribution in [2.75, 3.05) is 31.6 Å². The van der Waals surface area contributed by atoms with Crippen LogP contribution in [0.3, 0.4) is 0 Å². The Balaban J connectivity index is 1.80. The molecule has 4 heterocycles. The number of rotatable bonds is 2. The van der Waals surface area contributed by atoms with Crippen LogP contribution in [0.25, 0.3) is 0 Å². The maximum absolute atomic E-state index is 13.2. The Kier molecular flexibility index (Phi) is 3.96. The SMILES string of the molecule is CC1=C(C(=O)N2CCOCC2)C(c2ccccn2)n2nc(C)nc2N1. The quantitative estimate of drug-likeness (QED) is 0.882. The van der Waals surface area contributed by atoms with E-state index in [2.05, 4.69) is 20.4 Å². The van der Waals surface area contributed by atoms with E-state index in [4.69, 9.17) is 4.74 Å². The molecule has 1 unspecified atom stereocenters. The van der Waals surface area contributed by atoms with Crippen LogP contribution in [0.5, 0.6) is 0 Å². The van der Waals surface area contributed by atoms with Crippen LogP contribution in [0.15, 0.2) is 35.7 Å². The number of aryl methyl sites for hydroxylation is 1. The van der Waals surface area contributed by atoms with Crippen molar-refractivity contribution >= 4 is 11.9 Å². The average Bonchev–Trinajstić information content (AvgIpc) is 3.01. The molecule has 0 saturated carbocycles. The third-order valence-electron chi connectivity index (χ3n) is 4.46. The fourth-order valence-corrected chi connectivity index (χ4v) is 3.28. The summed E-state index contributed by atoms with van der Waals surface area (Å²) in [6.07, 6.45) is 1.73. The molecule has 4 rings (SSSR count). The van der Waals surface area contributed by atoms with Gasteiger partial charge in [0.1, 0.15) is 11.9 Å². The van der Waals surface area contributed by atoms with Gasteiger partial charge in [-0.1, -0.05) is 6.07 Å². The molecule has 0 bridgehead atoms. The van der Waals surface area contributed by atoms with E-state index in [-0.39, 0.29) is 5.91 Å². The first-order valence-corrected chi connectivity index (χ1v) is 8.34. The number of amides is 1. The van der Waals surface area contributed by atoms with E-state index in [1.807, 2.05) is 36.9 Å². The largest absolute Gasteiger partial charge is 0.378 e. The topological polar surface area (TPSA) is 85.2 Å². The van der Waals surface area contributed by atoms with Crippen LogP contribution in [0, 0.1) is 6.92 Å². The zero-order valence-corrected chi connectivity index (χ0v) is 14.3. The highest BCUT2D eigenvalue weighted by molar-refractivity contribution is 5.96. The molecule has 2 aliphatic heterocycles. The van der Waals surface area contributed by atoms with Gasteiger partial charge in [-0.25, -0.2) is 4.68 Å². The molecule has 0 aromatic carbocycles. The van der Waals surface area contributed by atoms with E-state index >= 15 is 0 Å². The zero-order valence-electron chi connectivity index (χ0n) is 14.3. The lowest BCUT2D eigenvalue weighted by Gasteiger charge is -2.33. The summed E-state index contributed by atoms with van der Waals surface area (Å²) < 4.78 is 7.12. The first-order valence-electron chi connectivity index (χ1n) is 8.34. The van der Waals surface area contributed by atoms with Crippen molar-refractivity contribution in [1.29, 1.82) is 0 Å². The number of hydrogen-bond donors (Lipinski definition) is 1. The van der Waals surface area contributed by atoms with Crippen molar-refractivity contribution in [2.45, 2.75) is 19.9 Å². The molecule has 0 spiro atoms. The van der Waals surface area contributed by atoms with Gasteiger partial charge < -0.3 is 15.0 Å². The van der Waals surface area contributed by atoms with Gasteiger partial charge in [-0.15, -0.1) is 0 Å². The summed E-state index contributed by atoms with van der Waals surface area (Å²) in [6, 6.07) is 5.29. The second kappa shape index (κ2) is 6.29. The number of aromatic nitrogens is 4. The lowest BCUT2D eigenvalue weighted by atomic mass is 9.98. The molecule has 2 aromatic heterocycles. The Bertz CT molecular complexity index is 823. The van der Waals surface area contributed by atoms with Crippen molar-refractivity contribution in [3.05, 3.63) is 47.2 Å². The van der Waals surface area contributed by atoms with Gasteiger partial charge >= 0.3 is 0 Å². The summed E-state index contributed by atoms with van der Waals surface area (Å²) >= 11 is 0. The molecule has 130 valence electrons. The van der Waals surface area contributed by atoms with Gasteiger partial charge in [-0.2, -0.15) is 10.1 Å². The number of fused-ring (bicyclic) bond motifs is 1. The minimum Gasteiger partial charge on any atom is -0.378 e. The summed E-state index contributed by atoms with van der Waals surface area (Å²) in [4.78, 5) is 24.0. The monoisotopic (exact) mass is 340 g/mol. The third-order valence-corrected chi connectivity index (χ3v) is 4.46. The highest BCUT2D eigenvalue weighted by atomic mass is 16.5. The number of pyridine rings is 1. The normalized spacial score (nSPS) is 20.2. The minimum absolute atomic E-state index is 0.0113. The van der Waals surface area contributed by atoms with E-state index in [0.29, 0.717) is 43.6 Å². The van der Waals surface area contributed by atoms with E-state index < -0.39 is 6.04 Å². The van der Waals surface area contributed by atoms with Crippen molar-refractivity contribution in [2.24, 2.45) is 0 Å². The number of hydrogen-bond acceptors (Lipinski definition) is 6. The van der Waals surface area contributed by atoms with Crippen molar-refractivity contribution in [3.63, 3.8) is 0 Å². The molecule has 0 radical (unpaired) electrons. The molecule has 1 atom stereocenters. The Morgan fingerprint density at radius 3 is 2.80 bits per heavy atom. The smallest absolute Gasteiger partial charge is 0.254 e. The van der Waals surface area contributed by atoms with E-state index in [9.17, 15) is 4.79 Å². The van der Waals surface area contributed by atoms with Gasteiger partial charge in [0, 0.05) is 25.0 Å². The van der Waals surface area contributed by atoms with Gasteiger partial charge in [-0.3, -0.25) is 9.78 Å². The molecular formula is C17H20N6O2.